The van der Waals surface area contributed by atoms with Crippen LogP contribution in [0.25, 0.3) is 0 Å². The fraction of sp³-hybridized carbons (Fsp3) is 0.800. The van der Waals surface area contributed by atoms with Crippen LogP contribution in [0.3, 0.4) is 0 Å². The van der Waals surface area contributed by atoms with Gasteiger partial charge in [0.05, 0.1) is 0 Å². The van der Waals surface area contributed by atoms with Crippen LogP contribution in [0.5, 0.6) is 0 Å². The predicted octanol–water partition coefficient (Wildman–Crippen LogP) is 1.43. The number of hydrogen-bond donors (Lipinski definition) is 2. The minimum Gasteiger partial charge on any atom is -0.465 e. The Kier molecular flexibility index (Phi) is 27.8. The second-order valence-corrected chi connectivity index (χ2v) is 1.34. The van der Waals surface area contributed by atoms with E-state index in [0.29, 0.717) is 0 Å². The summed E-state index contributed by atoms with van der Waals surface area (Å²) in [4.78, 5) is 8.78. The van der Waals surface area contributed by atoms with Crippen LogP contribution in [0.15, 0.2) is 0 Å². The molecule has 9 heavy (non-hydrogen) atoms. The first-order valence-electron chi connectivity index (χ1n) is 2.63. The molecule has 0 atom stereocenters. The van der Waals surface area contributed by atoms with E-state index in [9.17, 15) is 0 Å². The first-order valence-corrected chi connectivity index (χ1v) is 2.63. The summed E-state index contributed by atoms with van der Waals surface area (Å²) in [6.45, 7) is 4.36. The van der Waals surface area contributed by atoms with E-state index < -0.39 is 6.09 Å². The Morgan fingerprint density at radius 3 is 1.56 bits per heavy atom. The normalized spacial score (nSPS) is 6.00. The van der Waals surface area contributed by atoms with Gasteiger partial charge in [0.2, 0.25) is 0 Å². The summed E-state index contributed by atoms with van der Waals surface area (Å²) in [5.74, 6) is 0. The van der Waals surface area contributed by atoms with Crippen LogP contribution in [-0.4, -0.2) is 11.2 Å². The number of amides is 1. The van der Waals surface area contributed by atoms with Gasteiger partial charge in [-0.1, -0.05) is 26.7 Å². The van der Waals surface area contributed by atoms with Gasteiger partial charge in [-0.3, -0.25) is 0 Å². The fourth-order valence-corrected chi connectivity index (χ4v) is 0. The van der Waals surface area contributed by atoms with Crippen molar-refractivity contribution in [2.45, 2.75) is 26.7 Å². The van der Waals surface area contributed by atoms with Crippen molar-refractivity contribution in [3.05, 3.63) is 0 Å². The van der Waals surface area contributed by atoms with Gasteiger partial charge >= 0.3 is 6.09 Å². The summed E-state index contributed by atoms with van der Waals surface area (Å²) in [7, 11) is 0. The molecular formula is C5H13NO2Zn. The van der Waals surface area contributed by atoms with Crippen LogP contribution in [0.1, 0.15) is 26.7 Å². The molecule has 0 aromatic rings. The molecule has 0 unspecified atom stereocenters. The van der Waals surface area contributed by atoms with Gasteiger partial charge in [0.15, 0.2) is 0 Å². The quantitative estimate of drug-likeness (QED) is 0.606. The fourth-order valence-electron chi connectivity index (χ4n) is 0. The van der Waals surface area contributed by atoms with E-state index >= 15 is 0 Å². The number of rotatable bonds is 1. The molecule has 0 bridgehead atoms. The van der Waals surface area contributed by atoms with Gasteiger partial charge in [0, 0.05) is 19.5 Å². The van der Waals surface area contributed by atoms with Crippen LogP contribution in [0, 0.1) is 0 Å². The molecule has 0 aliphatic rings. The molecule has 0 radical (unpaired) electrons. The van der Waals surface area contributed by atoms with E-state index in [-0.39, 0.29) is 19.5 Å². The van der Waals surface area contributed by atoms with E-state index in [1.807, 2.05) is 0 Å². The largest absolute Gasteiger partial charge is 0.465 e. The molecule has 1 amide bonds. The van der Waals surface area contributed by atoms with Crippen LogP contribution >= 0.6 is 0 Å². The Labute approximate surface area is 68.4 Å². The number of hydrogen-bond acceptors (Lipinski definition) is 1. The van der Waals surface area contributed by atoms with E-state index in [2.05, 4.69) is 19.6 Å². The van der Waals surface area contributed by atoms with Crippen LogP contribution in [-0.2, 0) is 19.5 Å². The number of carboxylic acid groups (broad SMARTS) is 1. The van der Waals surface area contributed by atoms with Crippen molar-refractivity contribution in [2.24, 2.45) is 5.73 Å². The Morgan fingerprint density at radius 2 is 1.56 bits per heavy atom. The molecule has 3 N–H and O–H groups in total. The molecule has 0 aromatic carbocycles. The molecule has 3 nitrogen and oxygen atoms in total. The van der Waals surface area contributed by atoms with Crippen molar-refractivity contribution in [1.29, 1.82) is 0 Å². The van der Waals surface area contributed by atoms with Gasteiger partial charge in [0.1, 0.15) is 0 Å². The van der Waals surface area contributed by atoms with Crippen LogP contribution < -0.4 is 5.73 Å². The molecule has 0 heterocycles. The molecule has 52 valence electrons. The first-order chi connectivity index (χ1) is 3.65. The van der Waals surface area contributed by atoms with E-state index in [1.165, 1.54) is 12.8 Å². The average molecular weight is 185 g/mol. The zero-order chi connectivity index (χ0) is 6.99. The van der Waals surface area contributed by atoms with E-state index in [1.54, 1.807) is 0 Å². The maximum absolute atomic E-state index is 8.78. The Hall–Kier alpha value is -0.107. The molecule has 4 heteroatoms. The Morgan fingerprint density at radius 1 is 1.44 bits per heavy atom. The molecule has 0 aromatic heterocycles. The molecule has 0 aliphatic carbocycles. The second-order valence-electron chi connectivity index (χ2n) is 1.34. The Bertz CT molecular complexity index is 52.9. The molecule has 0 rings (SSSR count). The molecule has 0 saturated carbocycles. The van der Waals surface area contributed by atoms with Crippen molar-refractivity contribution >= 4 is 6.09 Å². The van der Waals surface area contributed by atoms with Gasteiger partial charge in [-0.2, -0.15) is 0 Å². The van der Waals surface area contributed by atoms with Gasteiger partial charge < -0.3 is 10.8 Å². The third-order valence-electron chi connectivity index (χ3n) is 0.500. The van der Waals surface area contributed by atoms with Crippen molar-refractivity contribution in [3.63, 3.8) is 0 Å². The SMILES string of the molecule is CCCC.NC(=O)O.[Zn]. The van der Waals surface area contributed by atoms with Crippen LogP contribution in [0.2, 0.25) is 0 Å². The minimum absolute atomic E-state index is 0. The number of primary amides is 1. The van der Waals surface area contributed by atoms with Crippen molar-refractivity contribution in [2.75, 3.05) is 0 Å². The third-order valence-corrected chi connectivity index (χ3v) is 0.500. The van der Waals surface area contributed by atoms with Crippen LogP contribution in [0.4, 0.5) is 4.79 Å². The average Bonchev–Trinajstić information content (AvgIpc) is 1.65. The zero-order valence-corrected chi connectivity index (χ0v) is 9.02. The third kappa shape index (κ3) is 343. The monoisotopic (exact) mass is 183 g/mol. The molecule has 0 spiro atoms. The summed E-state index contributed by atoms with van der Waals surface area (Å²) in [6.07, 6.45) is 1.31. The molecular weight excluding hydrogens is 171 g/mol. The van der Waals surface area contributed by atoms with E-state index in [4.69, 9.17) is 9.90 Å². The minimum atomic E-state index is -1.33. The maximum Gasteiger partial charge on any atom is 0.402 e. The summed E-state index contributed by atoms with van der Waals surface area (Å²) in [5.41, 5.74) is 4.03. The van der Waals surface area contributed by atoms with Crippen molar-refractivity contribution < 1.29 is 29.4 Å². The van der Waals surface area contributed by atoms with Gasteiger partial charge in [-0.15, -0.1) is 0 Å². The molecule has 0 fully saturated rings. The Balaban J connectivity index is -0.0000000720. The number of unbranched alkanes of at least 4 members (excludes halogenated alkanes) is 1. The second kappa shape index (κ2) is 15.7. The molecule has 0 saturated heterocycles. The summed E-state index contributed by atoms with van der Waals surface area (Å²) in [6, 6.07) is 0. The van der Waals surface area contributed by atoms with Gasteiger partial charge in [-0.25, -0.2) is 4.79 Å². The van der Waals surface area contributed by atoms with Gasteiger partial charge in [-0.05, 0) is 0 Å². The summed E-state index contributed by atoms with van der Waals surface area (Å²) in [5, 5.41) is 7.19. The topological polar surface area (TPSA) is 63.3 Å². The number of nitrogens with two attached hydrogens (primary N) is 1. The van der Waals surface area contributed by atoms with E-state index in [0.717, 1.165) is 0 Å². The predicted molar refractivity (Wildman–Crippen MR) is 32.8 cm³/mol. The van der Waals surface area contributed by atoms with Crippen molar-refractivity contribution in [3.8, 4) is 0 Å². The molecule has 0 aliphatic heterocycles. The summed E-state index contributed by atoms with van der Waals surface area (Å²) < 4.78 is 0. The maximum atomic E-state index is 8.78. The van der Waals surface area contributed by atoms with Crippen molar-refractivity contribution in [1.82, 2.24) is 0 Å². The summed E-state index contributed by atoms with van der Waals surface area (Å²) >= 11 is 0. The standard InChI is InChI=1S/C4H10.CH3NO2.Zn/c1-3-4-2;2-1(3)4;/h3-4H2,1-2H3;2H2,(H,3,4);. The first kappa shape index (κ1) is 16.0. The smallest absolute Gasteiger partial charge is 0.402 e. The number of carbonyl (C=O) groups is 1. The zero-order valence-electron chi connectivity index (χ0n) is 6.05. The van der Waals surface area contributed by atoms with Gasteiger partial charge in [0.25, 0.3) is 0 Å².